The minimum Gasteiger partial charge on any atom is -0.409 e. The number of morpholine rings is 1. The van der Waals surface area contributed by atoms with Crippen molar-refractivity contribution in [3.05, 3.63) is 0 Å². The van der Waals surface area contributed by atoms with E-state index in [-0.39, 0.29) is 11.9 Å². The highest BCUT2D eigenvalue weighted by Crippen LogP contribution is 2.22. The highest BCUT2D eigenvalue weighted by Gasteiger charge is 2.31. The Morgan fingerprint density at radius 1 is 1.59 bits per heavy atom. The number of hydrogen-bond donors (Lipinski definition) is 3. The molecule has 17 heavy (non-hydrogen) atoms. The average Bonchev–Trinajstić information content (AvgIpc) is 2.81. The molecular weight excluding hydrogens is 220 g/mol. The van der Waals surface area contributed by atoms with Crippen LogP contribution in [-0.4, -0.2) is 60.9 Å². The maximum atomic E-state index is 8.39. The quantitative estimate of drug-likeness (QED) is 0.200. The van der Waals surface area contributed by atoms with E-state index in [1.807, 2.05) is 0 Å². The zero-order valence-electron chi connectivity index (χ0n) is 10.1. The number of hydrogen-bond acceptors (Lipinski definition) is 5. The van der Waals surface area contributed by atoms with Gasteiger partial charge >= 0.3 is 0 Å². The molecule has 2 unspecified atom stereocenters. The van der Waals surface area contributed by atoms with Crippen LogP contribution in [-0.2, 0) is 4.74 Å². The van der Waals surface area contributed by atoms with Crippen molar-refractivity contribution in [3.8, 4) is 0 Å². The molecule has 0 saturated carbocycles. The van der Waals surface area contributed by atoms with E-state index in [0.29, 0.717) is 12.5 Å². The summed E-state index contributed by atoms with van der Waals surface area (Å²) in [7, 11) is 0. The first-order chi connectivity index (χ1) is 8.29. The molecule has 0 radical (unpaired) electrons. The second-order valence-corrected chi connectivity index (χ2v) is 4.79. The number of nitrogens with two attached hydrogens (primary N) is 1. The number of fused-ring (bicyclic) bond motifs is 1. The van der Waals surface area contributed by atoms with Crippen molar-refractivity contribution in [2.24, 2.45) is 10.9 Å². The maximum Gasteiger partial charge on any atom is 0.140 e. The van der Waals surface area contributed by atoms with E-state index in [0.717, 1.165) is 26.2 Å². The summed E-state index contributed by atoms with van der Waals surface area (Å²) in [5.74, 6) is 0.265. The molecule has 0 bridgehead atoms. The van der Waals surface area contributed by atoms with Crippen LogP contribution in [0.15, 0.2) is 5.16 Å². The summed E-state index contributed by atoms with van der Waals surface area (Å²) in [5, 5.41) is 14.6. The molecule has 2 aliphatic rings. The Kier molecular flexibility index (Phi) is 4.58. The third-order valence-electron chi connectivity index (χ3n) is 3.52. The Bertz CT molecular complexity index is 272. The van der Waals surface area contributed by atoms with Crippen molar-refractivity contribution in [2.75, 3.05) is 32.8 Å². The molecule has 4 N–H and O–H groups in total. The Morgan fingerprint density at radius 2 is 2.47 bits per heavy atom. The number of ether oxygens (including phenoxy) is 1. The fourth-order valence-corrected chi connectivity index (χ4v) is 2.54. The number of nitrogens with one attached hydrogen (secondary N) is 1. The van der Waals surface area contributed by atoms with Gasteiger partial charge in [-0.15, -0.1) is 0 Å². The summed E-state index contributed by atoms with van der Waals surface area (Å²) < 4.78 is 5.81. The lowest BCUT2D eigenvalue weighted by Gasteiger charge is -2.35. The van der Waals surface area contributed by atoms with E-state index in [9.17, 15) is 0 Å². The van der Waals surface area contributed by atoms with Crippen LogP contribution >= 0.6 is 0 Å². The minimum atomic E-state index is 0.265. The molecule has 98 valence electrons. The van der Waals surface area contributed by atoms with Gasteiger partial charge in [-0.1, -0.05) is 5.16 Å². The SMILES string of the molecule is NC(CCNCC1CN2CCCC2CO1)=NO. The van der Waals surface area contributed by atoms with E-state index in [1.165, 1.54) is 19.4 Å². The topological polar surface area (TPSA) is 83.1 Å². The molecule has 0 aromatic heterocycles. The Hall–Kier alpha value is -0.850. The third-order valence-corrected chi connectivity index (χ3v) is 3.52. The summed E-state index contributed by atoms with van der Waals surface area (Å²) >= 11 is 0. The van der Waals surface area contributed by atoms with Gasteiger partial charge in [-0.25, -0.2) is 0 Å². The molecule has 2 atom stereocenters. The molecule has 0 aromatic rings. The van der Waals surface area contributed by atoms with Gasteiger partial charge in [0.2, 0.25) is 0 Å². The molecule has 0 spiro atoms. The van der Waals surface area contributed by atoms with Crippen molar-refractivity contribution >= 4 is 5.84 Å². The van der Waals surface area contributed by atoms with E-state index in [4.69, 9.17) is 15.7 Å². The fraction of sp³-hybridized carbons (Fsp3) is 0.909. The predicted octanol–water partition coefficient (Wildman–Crippen LogP) is -0.424. The lowest BCUT2D eigenvalue weighted by atomic mass is 10.2. The largest absolute Gasteiger partial charge is 0.409 e. The van der Waals surface area contributed by atoms with Crippen molar-refractivity contribution < 1.29 is 9.94 Å². The van der Waals surface area contributed by atoms with Crippen LogP contribution < -0.4 is 11.1 Å². The first-order valence-corrected chi connectivity index (χ1v) is 6.32. The average molecular weight is 242 g/mol. The fourth-order valence-electron chi connectivity index (χ4n) is 2.54. The van der Waals surface area contributed by atoms with Gasteiger partial charge in [0.25, 0.3) is 0 Å². The molecule has 2 saturated heterocycles. The second kappa shape index (κ2) is 6.18. The molecule has 2 aliphatic heterocycles. The highest BCUT2D eigenvalue weighted by atomic mass is 16.5. The maximum absolute atomic E-state index is 8.39. The molecular formula is C11H22N4O2. The summed E-state index contributed by atoms with van der Waals surface area (Å²) in [6.07, 6.45) is 3.42. The lowest BCUT2D eigenvalue weighted by Crippen LogP contribution is -2.49. The predicted molar refractivity (Wildman–Crippen MR) is 65.2 cm³/mol. The molecule has 6 heteroatoms. The number of rotatable bonds is 5. The first kappa shape index (κ1) is 12.6. The zero-order valence-corrected chi connectivity index (χ0v) is 10.1. The van der Waals surface area contributed by atoms with Crippen molar-refractivity contribution in [3.63, 3.8) is 0 Å². The van der Waals surface area contributed by atoms with Crippen LogP contribution in [0.3, 0.4) is 0 Å². The summed E-state index contributed by atoms with van der Waals surface area (Å²) in [4.78, 5) is 2.53. The molecule has 0 amide bonds. The summed E-state index contributed by atoms with van der Waals surface area (Å²) in [5.41, 5.74) is 5.38. The van der Waals surface area contributed by atoms with E-state index >= 15 is 0 Å². The van der Waals surface area contributed by atoms with E-state index < -0.39 is 0 Å². The standard InChI is InChI=1S/C11H22N4O2/c12-11(14-16)3-4-13-6-10-7-15-5-1-2-9(15)8-17-10/h9-10,13,16H,1-8H2,(H2,12,14). The van der Waals surface area contributed by atoms with Crippen molar-refractivity contribution in [2.45, 2.75) is 31.4 Å². The van der Waals surface area contributed by atoms with Crippen LogP contribution in [0, 0.1) is 0 Å². The van der Waals surface area contributed by atoms with Gasteiger partial charge in [-0.2, -0.15) is 0 Å². The van der Waals surface area contributed by atoms with Crippen LogP contribution in [0.4, 0.5) is 0 Å². The highest BCUT2D eigenvalue weighted by molar-refractivity contribution is 5.79. The van der Waals surface area contributed by atoms with Crippen LogP contribution in [0.25, 0.3) is 0 Å². The number of oxime groups is 1. The number of nitrogens with zero attached hydrogens (tertiary/aromatic N) is 2. The number of amidine groups is 1. The van der Waals surface area contributed by atoms with Gasteiger partial charge in [-0.3, -0.25) is 4.90 Å². The Balaban J connectivity index is 1.60. The minimum absolute atomic E-state index is 0.265. The molecule has 2 fully saturated rings. The molecule has 0 aromatic carbocycles. The Morgan fingerprint density at radius 3 is 3.29 bits per heavy atom. The van der Waals surface area contributed by atoms with Crippen molar-refractivity contribution in [1.29, 1.82) is 0 Å². The van der Waals surface area contributed by atoms with Crippen LogP contribution in [0.1, 0.15) is 19.3 Å². The molecule has 0 aliphatic carbocycles. The van der Waals surface area contributed by atoms with Gasteiger partial charge < -0.3 is 21.0 Å². The van der Waals surface area contributed by atoms with Gasteiger partial charge in [0.05, 0.1) is 12.7 Å². The Labute approximate surface area is 102 Å². The van der Waals surface area contributed by atoms with E-state index in [1.54, 1.807) is 0 Å². The van der Waals surface area contributed by atoms with Crippen LogP contribution in [0.5, 0.6) is 0 Å². The second-order valence-electron chi connectivity index (χ2n) is 4.79. The third kappa shape index (κ3) is 3.55. The zero-order chi connectivity index (χ0) is 12.1. The van der Waals surface area contributed by atoms with Gasteiger partial charge in [0.1, 0.15) is 5.84 Å². The summed E-state index contributed by atoms with van der Waals surface area (Å²) in [6, 6.07) is 0.656. The molecule has 2 rings (SSSR count). The normalized spacial score (nSPS) is 30.5. The molecule has 2 heterocycles. The van der Waals surface area contributed by atoms with Gasteiger partial charge in [0.15, 0.2) is 0 Å². The van der Waals surface area contributed by atoms with Crippen LogP contribution in [0.2, 0.25) is 0 Å². The summed E-state index contributed by atoms with van der Waals surface area (Å²) in [6.45, 7) is 4.67. The van der Waals surface area contributed by atoms with Gasteiger partial charge in [0, 0.05) is 32.1 Å². The first-order valence-electron chi connectivity index (χ1n) is 6.32. The van der Waals surface area contributed by atoms with E-state index in [2.05, 4.69) is 15.4 Å². The smallest absolute Gasteiger partial charge is 0.140 e. The lowest BCUT2D eigenvalue weighted by molar-refractivity contribution is -0.0467. The van der Waals surface area contributed by atoms with Gasteiger partial charge in [-0.05, 0) is 19.4 Å². The molecule has 6 nitrogen and oxygen atoms in total. The van der Waals surface area contributed by atoms with Crippen molar-refractivity contribution in [1.82, 2.24) is 10.2 Å². The monoisotopic (exact) mass is 242 g/mol.